The highest BCUT2D eigenvalue weighted by molar-refractivity contribution is 5.71. The van der Waals surface area contributed by atoms with Crippen LogP contribution in [0.3, 0.4) is 0 Å². The molecule has 7 heteroatoms. The van der Waals surface area contributed by atoms with E-state index in [1.165, 1.54) is 7.11 Å². The van der Waals surface area contributed by atoms with Crippen molar-refractivity contribution in [3.8, 4) is 0 Å². The first-order valence-electron chi connectivity index (χ1n) is 6.76. The lowest BCUT2D eigenvalue weighted by Gasteiger charge is -2.22. The smallest absolute Gasteiger partial charge is 0.313 e. The quantitative estimate of drug-likeness (QED) is 0.812. The minimum atomic E-state index is -0.346. The third kappa shape index (κ3) is 2.49. The van der Waals surface area contributed by atoms with Gasteiger partial charge in [0.15, 0.2) is 5.82 Å². The molecule has 20 heavy (non-hydrogen) atoms. The maximum Gasteiger partial charge on any atom is 0.313 e. The van der Waals surface area contributed by atoms with Gasteiger partial charge in [-0.05, 0) is 25.5 Å². The largest absolute Gasteiger partial charge is 0.469 e. The summed E-state index contributed by atoms with van der Waals surface area (Å²) < 4.78 is 6.38. The van der Waals surface area contributed by atoms with Gasteiger partial charge in [0.05, 0.1) is 12.8 Å². The van der Waals surface area contributed by atoms with Crippen molar-refractivity contribution in [1.82, 2.24) is 24.9 Å². The molecule has 1 saturated heterocycles. The van der Waals surface area contributed by atoms with Gasteiger partial charge in [-0.2, -0.15) is 4.98 Å². The Hall–Kier alpha value is -2.02. The van der Waals surface area contributed by atoms with Gasteiger partial charge in [-0.3, -0.25) is 4.79 Å². The third-order valence-electron chi connectivity index (χ3n) is 3.56. The molecule has 1 aliphatic heterocycles. The molecule has 106 valence electrons. The summed E-state index contributed by atoms with van der Waals surface area (Å²) in [5, 5.41) is 7.78. The molecule has 2 aromatic rings. The van der Waals surface area contributed by atoms with E-state index in [0.717, 1.165) is 31.6 Å². The molecule has 2 aromatic heterocycles. The first-order valence-corrected chi connectivity index (χ1v) is 6.76. The number of rotatable bonds is 3. The third-order valence-corrected chi connectivity index (χ3v) is 3.56. The van der Waals surface area contributed by atoms with Crippen LogP contribution in [-0.4, -0.2) is 45.8 Å². The molecule has 1 atom stereocenters. The molecule has 0 bridgehead atoms. The van der Waals surface area contributed by atoms with Gasteiger partial charge < -0.3 is 10.1 Å². The fourth-order valence-corrected chi connectivity index (χ4v) is 2.54. The zero-order valence-corrected chi connectivity index (χ0v) is 11.4. The van der Waals surface area contributed by atoms with Gasteiger partial charge in [0.2, 0.25) is 0 Å². The van der Waals surface area contributed by atoms with E-state index in [0.29, 0.717) is 17.5 Å². The maximum atomic E-state index is 11.3. The molecule has 1 aliphatic rings. The molecular weight excluding hydrogens is 258 g/mol. The Morgan fingerprint density at radius 2 is 2.50 bits per heavy atom. The Bertz CT molecular complexity index is 618. The lowest BCUT2D eigenvalue weighted by molar-refractivity contribution is -0.139. The molecule has 0 aromatic carbocycles. The minimum absolute atomic E-state index is 0.0716. The zero-order valence-electron chi connectivity index (χ0n) is 11.4. The number of carbonyl (C=O) groups is 1. The SMILES string of the molecule is COC(=O)Cc1nc2nccc(C3CCCNC3)n2n1. The average molecular weight is 275 g/mol. The molecule has 0 spiro atoms. The van der Waals surface area contributed by atoms with E-state index >= 15 is 0 Å². The molecule has 7 nitrogen and oxygen atoms in total. The second-order valence-corrected chi connectivity index (χ2v) is 4.91. The fraction of sp³-hybridized carbons (Fsp3) is 0.538. The van der Waals surface area contributed by atoms with E-state index in [1.54, 1.807) is 10.7 Å². The van der Waals surface area contributed by atoms with Crippen LogP contribution in [0.2, 0.25) is 0 Å². The van der Waals surface area contributed by atoms with Crippen molar-refractivity contribution >= 4 is 11.7 Å². The second-order valence-electron chi connectivity index (χ2n) is 4.91. The Balaban J connectivity index is 1.94. The summed E-state index contributed by atoms with van der Waals surface area (Å²) in [5.41, 5.74) is 1.09. The Morgan fingerprint density at radius 1 is 1.60 bits per heavy atom. The van der Waals surface area contributed by atoms with E-state index in [9.17, 15) is 4.79 Å². The van der Waals surface area contributed by atoms with E-state index in [-0.39, 0.29) is 12.4 Å². The summed E-state index contributed by atoms with van der Waals surface area (Å²) in [6, 6.07) is 1.97. The molecule has 1 N–H and O–H groups in total. The maximum absolute atomic E-state index is 11.3. The summed E-state index contributed by atoms with van der Waals surface area (Å²) >= 11 is 0. The van der Waals surface area contributed by atoms with Crippen LogP contribution in [0, 0.1) is 0 Å². The van der Waals surface area contributed by atoms with Crippen LogP contribution < -0.4 is 5.32 Å². The normalized spacial score (nSPS) is 19.1. The van der Waals surface area contributed by atoms with Crippen LogP contribution in [0.1, 0.15) is 30.3 Å². The van der Waals surface area contributed by atoms with Crippen LogP contribution in [0.15, 0.2) is 12.3 Å². The predicted octanol–water partition coefficient (Wildman–Crippen LogP) is 0.307. The second kappa shape index (κ2) is 5.54. The topological polar surface area (TPSA) is 81.4 Å². The van der Waals surface area contributed by atoms with Crippen LogP contribution >= 0.6 is 0 Å². The number of ether oxygens (including phenoxy) is 1. The molecule has 0 aliphatic carbocycles. The number of nitrogens with zero attached hydrogens (tertiary/aromatic N) is 4. The summed E-state index contributed by atoms with van der Waals surface area (Å²) in [4.78, 5) is 19.8. The molecular formula is C13H17N5O2. The molecule has 1 fully saturated rings. The van der Waals surface area contributed by atoms with Crippen molar-refractivity contribution in [2.75, 3.05) is 20.2 Å². The van der Waals surface area contributed by atoms with Crippen molar-refractivity contribution in [1.29, 1.82) is 0 Å². The van der Waals surface area contributed by atoms with Gasteiger partial charge >= 0.3 is 5.97 Å². The van der Waals surface area contributed by atoms with E-state index in [4.69, 9.17) is 0 Å². The molecule has 3 rings (SSSR count). The summed E-state index contributed by atoms with van der Waals surface area (Å²) in [6.45, 7) is 2.00. The highest BCUT2D eigenvalue weighted by Gasteiger charge is 2.20. The van der Waals surface area contributed by atoms with Crippen LogP contribution in [0.5, 0.6) is 0 Å². The first-order chi connectivity index (χ1) is 9.78. The molecule has 0 radical (unpaired) electrons. The predicted molar refractivity (Wildman–Crippen MR) is 71.3 cm³/mol. The van der Waals surface area contributed by atoms with Gasteiger partial charge in [-0.25, -0.2) is 9.50 Å². The van der Waals surface area contributed by atoms with E-state index in [2.05, 4.69) is 25.1 Å². The highest BCUT2D eigenvalue weighted by Crippen LogP contribution is 2.22. The van der Waals surface area contributed by atoms with Gasteiger partial charge in [0.1, 0.15) is 6.42 Å². The molecule has 3 heterocycles. The number of esters is 1. The van der Waals surface area contributed by atoms with Crippen molar-refractivity contribution in [3.05, 3.63) is 23.8 Å². The number of fused-ring (bicyclic) bond motifs is 1. The number of hydrogen-bond donors (Lipinski definition) is 1. The Kier molecular flexibility index (Phi) is 3.60. The number of carbonyl (C=O) groups excluding carboxylic acids is 1. The number of aromatic nitrogens is 4. The average Bonchev–Trinajstić information content (AvgIpc) is 2.90. The summed E-state index contributed by atoms with van der Waals surface area (Å²) in [5.74, 6) is 1.04. The lowest BCUT2D eigenvalue weighted by Crippen LogP contribution is -2.29. The molecule has 0 saturated carbocycles. The number of methoxy groups -OCH3 is 1. The van der Waals surface area contributed by atoms with Gasteiger partial charge in [-0.15, -0.1) is 5.10 Å². The lowest BCUT2D eigenvalue weighted by atomic mass is 9.96. The number of nitrogens with one attached hydrogen (secondary N) is 1. The fourth-order valence-electron chi connectivity index (χ4n) is 2.54. The van der Waals surface area contributed by atoms with E-state index in [1.807, 2.05) is 6.07 Å². The van der Waals surface area contributed by atoms with Crippen molar-refractivity contribution < 1.29 is 9.53 Å². The van der Waals surface area contributed by atoms with Crippen molar-refractivity contribution in [3.63, 3.8) is 0 Å². The standard InChI is InChI=1S/C13H17N5O2/c1-20-12(19)7-11-16-13-15-6-4-10(18(13)17-11)9-3-2-5-14-8-9/h4,6,9,14H,2-3,5,7-8H2,1H3. The number of piperidine rings is 1. The Morgan fingerprint density at radius 3 is 3.25 bits per heavy atom. The van der Waals surface area contributed by atoms with Crippen LogP contribution in [0.4, 0.5) is 0 Å². The Labute approximate surface area is 116 Å². The van der Waals surface area contributed by atoms with Gasteiger partial charge in [0.25, 0.3) is 5.78 Å². The van der Waals surface area contributed by atoms with Crippen LogP contribution in [0.25, 0.3) is 5.78 Å². The first kappa shape index (κ1) is 13.0. The van der Waals surface area contributed by atoms with E-state index < -0.39 is 0 Å². The van der Waals surface area contributed by atoms with Crippen LogP contribution in [-0.2, 0) is 16.0 Å². The number of hydrogen-bond acceptors (Lipinski definition) is 6. The minimum Gasteiger partial charge on any atom is -0.469 e. The summed E-state index contributed by atoms with van der Waals surface area (Å²) in [7, 11) is 1.36. The summed E-state index contributed by atoms with van der Waals surface area (Å²) in [6.07, 6.45) is 4.09. The van der Waals surface area contributed by atoms with Crippen molar-refractivity contribution in [2.45, 2.75) is 25.2 Å². The monoisotopic (exact) mass is 275 g/mol. The molecule has 1 unspecified atom stereocenters. The highest BCUT2D eigenvalue weighted by atomic mass is 16.5. The molecule has 0 amide bonds. The zero-order chi connectivity index (χ0) is 13.9. The van der Waals surface area contributed by atoms with Gasteiger partial charge in [0, 0.05) is 18.7 Å². The van der Waals surface area contributed by atoms with Crippen molar-refractivity contribution in [2.24, 2.45) is 0 Å². The van der Waals surface area contributed by atoms with Gasteiger partial charge in [-0.1, -0.05) is 0 Å².